The number of rotatable bonds is 9. The quantitative estimate of drug-likeness (QED) is 0.517. The van der Waals surface area contributed by atoms with Crippen LogP contribution in [0.1, 0.15) is 48.3 Å². The summed E-state index contributed by atoms with van der Waals surface area (Å²) in [5, 5.41) is 18.3. The number of hydrogen-bond acceptors (Lipinski definition) is 4. The summed E-state index contributed by atoms with van der Waals surface area (Å²) in [7, 11) is 0. The van der Waals surface area contributed by atoms with Crippen molar-refractivity contribution in [2.75, 3.05) is 19.8 Å². The standard InChI is InChI=1S/C25H28O5/c26-10-4-1-5-11-29-16-21-14-19(15-24(30-21)25(27)28)17-8-9-23-20(12-17)13-18-6-2-3-7-22(18)23/h2-3,6-9,12,15,19,21,26H,1,4-5,10-11,13-14,16H2,(H,27,28). The van der Waals surface area contributed by atoms with E-state index in [2.05, 4.69) is 42.5 Å². The Hall–Kier alpha value is -2.63. The molecule has 0 amide bonds. The molecule has 0 saturated carbocycles. The first-order valence-corrected chi connectivity index (χ1v) is 10.7. The Morgan fingerprint density at radius 1 is 1.07 bits per heavy atom. The fraction of sp³-hybridized carbons (Fsp3) is 0.400. The second-order valence-electron chi connectivity index (χ2n) is 8.03. The number of aliphatic hydroxyl groups is 1. The Morgan fingerprint density at radius 2 is 1.90 bits per heavy atom. The Labute approximate surface area is 177 Å². The average molecular weight is 408 g/mol. The van der Waals surface area contributed by atoms with Crippen molar-refractivity contribution in [3.05, 3.63) is 71.0 Å². The predicted octanol–water partition coefficient (Wildman–Crippen LogP) is 4.28. The van der Waals surface area contributed by atoms with Gasteiger partial charge < -0.3 is 19.7 Å². The maximum atomic E-state index is 11.6. The second-order valence-corrected chi connectivity index (χ2v) is 8.03. The van der Waals surface area contributed by atoms with Crippen LogP contribution in [0, 0.1) is 0 Å². The van der Waals surface area contributed by atoms with Crippen LogP contribution in [0.5, 0.6) is 0 Å². The predicted molar refractivity (Wildman–Crippen MR) is 114 cm³/mol. The zero-order valence-corrected chi connectivity index (χ0v) is 17.0. The zero-order chi connectivity index (χ0) is 20.9. The molecule has 1 aliphatic heterocycles. The lowest BCUT2D eigenvalue weighted by molar-refractivity contribution is -0.139. The van der Waals surface area contributed by atoms with Crippen LogP contribution < -0.4 is 0 Å². The summed E-state index contributed by atoms with van der Waals surface area (Å²) < 4.78 is 11.4. The van der Waals surface area contributed by atoms with Crippen LogP contribution >= 0.6 is 0 Å². The molecule has 158 valence electrons. The van der Waals surface area contributed by atoms with Gasteiger partial charge in [0.15, 0.2) is 0 Å². The lowest BCUT2D eigenvalue weighted by Gasteiger charge is -2.28. The van der Waals surface area contributed by atoms with E-state index in [1.807, 2.05) is 0 Å². The molecule has 30 heavy (non-hydrogen) atoms. The van der Waals surface area contributed by atoms with Gasteiger partial charge >= 0.3 is 5.97 Å². The van der Waals surface area contributed by atoms with E-state index in [0.717, 1.165) is 31.2 Å². The van der Waals surface area contributed by atoms with E-state index < -0.39 is 5.97 Å². The van der Waals surface area contributed by atoms with Gasteiger partial charge in [-0.2, -0.15) is 0 Å². The summed E-state index contributed by atoms with van der Waals surface area (Å²) in [6.45, 7) is 1.16. The number of fused-ring (bicyclic) bond motifs is 3. The third-order valence-corrected chi connectivity index (χ3v) is 5.87. The van der Waals surface area contributed by atoms with Gasteiger partial charge in [-0.05, 0) is 66.0 Å². The molecule has 0 fully saturated rings. The van der Waals surface area contributed by atoms with Crippen LogP contribution in [-0.2, 0) is 20.7 Å². The molecule has 2 aliphatic rings. The van der Waals surface area contributed by atoms with Crippen molar-refractivity contribution in [2.45, 2.75) is 44.1 Å². The van der Waals surface area contributed by atoms with E-state index in [0.29, 0.717) is 19.6 Å². The highest BCUT2D eigenvalue weighted by molar-refractivity contribution is 5.84. The zero-order valence-electron chi connectivity index (χ0n) is 17.0. The monoisotopic (exact) mass is 408 g/mol. The fourth-order valence-electron chi connectivity index (χ4n) is 4.36. The molecular formula is C25H28O5. The first-order chi connectivity index (χ1) is 14.7. The normalized spacial score (nSPS) is 19.6. The van der Waals surface area contributed by atoms with Crippen LogP contribution in [-0.4, -0.2) is 42.1 Å². The molecule has 0 spiro atoms. The number of hydrogen-bond donors (Lipinski definition) is 2. The number of aliphatic hydroxyl groups excluding tert-OH is 1. The van der Waals surface area contributed by atoms with Crippen molar-refractivity contribution >= 4 is 5.97 Å². The minimum absolute atomic E-state index is 0.00363. The molecule has 0 radical (unpaired) electrons. The maximum Gasteiger partial charge on any atom is 0.370 e. The Balaban J connectivity index is 1.45. The molecule has 0 aromatic heterocycles. The lowest BCUT2D eigenvalue weighted by atomic mass is 9.88. The second kappa shape index (κ2) is 9.45. The van der Waals surface area contributed by atoms with Crippen molar-refractivity contribution in [3.63, 3.8) is 0 Å². The van der Waals surface area contributed by atoms with Crippen LogP contribution in [0.25, 0.3) is 11.1 Å². The first-order valence-electron chi connectivity index (χ1n) is 10.7. The van der Waals surface area contributed by atoms with Crippen molar-refractivity contribution in [3.8, 4) is 11.1 Å². The van der Waals surface area contributed by atoms with Crippen molar-refractivity contribution in [1.29, 1.82) is 0 Å². The molecule has 5 nitrogen and oxygen atoms in total. The number of aliphatic carboxylic acids is 1. The number of carboxylic acid groups (broad SMARTS) is 1. The summed E-state index contributed by atoms with van der Waals surface area (Å²) in [5.41, 5.74) is 6.32. The number of benzene rings is 2. The van der Waals surface area contributed by atoms with Crippen LogP contribution in [0.15, 0.2) is 54.3 Å². The molecule has 0 bridgehead atoms. The van der Waals surface area contributed by atoms with E-state index in [9.17, 15) is 9.90 Å². The number of carboxylic acids is 1. The van der Waals surface area contributed by atoms with Gasteiger partial charge in [0.2, 0.25) is 5.76 Å². The average Bonchev–Trinajstić information content (AvgIpc) is 3.13. The fourth-order valence-corrected chi connectivity index (χ4v) is 4.36. The highest BCUT2D eigenvalue weighted by Crippen LogP contribution is 2.39. The molecule has 2 unspecified atom stereocenters. The van der Waals surface area contributed by atoms with Gasteiger partial charge in [0.05, 0.1) is 6.61 Å². The molecule has 5 heteroatoms. The number of ether oxygens (including phenoxy) is 2. The number of carbonyl (C=O) groups is 1. The molecule has 1 aliphatic carbocycles. The van der Waals surface area contributed by atoms with Crippen molar-refractivity contribution < 1.29 is 24.5 Å². The molecule has 2 atom stereocenters. The molecule has 2 aromatic carbocycles. The van der Waals surface area contributed by atoms with Gasteiger partial charge in [0.25, 0.3) is 0 Å². The summed E-state index contributed by atoms with van der Waals surface area (Å²) in [4.78, 5) is 11.6. The molecule has 4 rings (SSSR count). The van der Waals surface area contributed by atoms with Crippen molar-refractivity contribution in [2.24, 2.45) is 0 Å². The van der Waals surface area contributed by atoms with E-state index >= 15 is 0 Å². The molecule has 2 aromatic rings. The SMILES string of the molecule is O=C(O)C1=CC(c2ccc3c(c2)Cc2ccccc2-3)CC(COCCCCCO)O1. The maximum absolute atomic E-state index is 11.6. The number of allylic oxidation sites excluding steroid dienone is 1. The minimum Gasteiger partial charge on any atom is -0.481 e. The summed E-state index contributed by atoms with van der Waals surface area (Å²) in [6, 6.07) is 14.9. The summed E-state index contributed by atoms with van der Waals surface area (Å²) >= 11 is 0. The van der Waals surface area contributed by atoms with Crippen LogP contribution in [0.2, 0.25) is 0 Å². The Kier molecular flexibility index (Phi) is 6.50. The van der Waals surface area contributed by atoms with Gasteiger partial charge in [0.1, 0.15) is 6.10 Å². The molecule has 0 saturated heterocycles. The van der Waals surface area contributed by atoms with Crippen LogP contribution in [0.3, 0.4) is 0 Å². The van der Waals surface area contributed by atoms with Gasteiger partial charge in [-0.1, -0.05) is 42.5 Å². The third kappa shape index (κ3) is 4.58. The smallest absolute Gasteiger partial charge is 0.370 e. The van der Waals surface area contributed by atoms with Crippen LogP contribution in [0.4, 0.5) is 0 Å². The van der Waals surface area contributed by atoms with Gasteiger partial charge in [-0.3, -0.25) is 0 Å². The Bertz CT molecular complexity index is 933. The summed E-state index contributed by atoms with van der Waals surface area (Å²) in [5.74, 6) is -1.05. The molecular weight excluding hydrogens is 380 g/mol. The third-order valence-electron chi connectivity index (χ3n) is 5.87. The van der Waals surface area contributed by atoms with E-state index in [-0.39, 0.29) is 24.4 Å². The van der Waals surface area contributed by atoms with Gasteiger partial charge in [-0.25, -0.2) is 4.79 Å². The van der Waals surface area contributed by atoms with Gasteiger partial charge in [-0.15, -0.1) is 0 Å². The highest BCUT2D eigenvalue weighted by atomic mass is 16.5. The van der Waals surface area contributed by atoms with E-state index in [1.54, 1.807) is 6.08 Å². The van der Waals surface area contributed by atoms with Gasteiger partial charge in [0, 0.05) is 19.1 Å². The molecule has 2 N–H and O–H groups in total. The van der Waals surface area contributed by atoms with Crippen molar-refractivity contribution in [1.82, 2.24) is 0 Å². The topological polar surface area (TPSA) is 76.0 Å². The largest absolute Gasteiger partial charge is 0.481 e. The molecule has 1 heterocycles. The first kappa shape index (κ1) is 20.6. The highest BCUT2D eigenvalue weighted by Gasteiger charge is 2.29. The van der Waals surface area contributed by atoms with E-state index in [1.165, 1.54) is 22.3 Å². The summed E-state index contributed by atoms with van der Waals surface area (Å²) in [6.07, 6.45) is 5.63. The van der Waals surface area contributed by atoms with E-state index in [4.69, 9.17) is 14.6 Å². The number of unbranched alkanes of at least 4 members (excludes halogenated alkanes) is 2. The Morgan fingerprint density at radius 3 is 2.73 bits per heavy atom. The lowest BCUT2D eigenvalue weighted by Crippen LogP contribution is -2.28. The minimum atomic E-state index is -1.04.